The molecule has 0 aliphatic carbocycles. The lowest BCUT2D eigenvalue weighted by Gasteiger charge is -2.24. The van der Waals surface area contributed by atoms with Crippen LogP contribution in [0.25, 0.3) is 10.9 Å². The van der Waals surface area contributed by atoms with Gasteiger partial charge < -0.3 is 9.72 Å². The summed E-state index contributed by atoms with van der Waals surface area (Å²) in [6.45, 7) is 4.38. The van der Waals surface area contributed by atoms with Gasteiger partial charge in [-0.25, -0.2) is 9.78 Å². The van der Waals surface area contributed by atoms with Crippen LogP contribution in [0.5, 0.6) is 0 Å². The van der Waals surface area contributed by atoms with Crippen molar-refractivity contribution in [3.8, 4) is 0 Å². The molecule has 2 rings (SSSR count). The molecular weight excluding hydrogens is 298 g/mol. The largest absolute Gasteiger partial charge is 0.458 e. The molecule has 0 aromatic carbocycles. The summed E-state index contributed by atoms with van der Waals surface area (Å²) in [7, 11) is 0. The minimum Gasteiger partial charge on any atom is -0.458 e. The Kier molecular flexibility index (Phi) is 3.87. The molecule has 0 aliphatic rings. The second-order valence-electron chi connectivity index (χ2n) is 5.20. The van der Waals surface area contributed by atoms with Crippen molar-refractivity contribution in [2.24, 2.45) is 0 Å². The highest BCUT2D eigenvalue weighted by Crippen LogP contribution is 2.15. The molecule has 0 saturated carbocycles. The summed E-state index contributed by atoms with van der Waals surface area (Å²) in [6.07, 6.45) is 1.40. The molecular formula is C13H14ClN3O4. The number of fused-ring (bicyclic) bond motifs is 1. The van der Waals surface area contributed by atoms with Gasteiger partial charge in [0.2, 0.25) is 0 Å². The van der Waals surface area contributed by atoms with Crippen LogP contribution in [0.2, 0.25) is 5.15 Å². The molecule has 0 bridgehead atoms. The van der Waals surface area contributed by atoms with Crippen molar-refractivity contribution < 1.29 is 9.53 Å². The smallest absolute Gasteiger partial charge is 0.328 e. The average Bonchev–Trinajstić information content (AvgIpc) is 2.32. The average molecular weight is 312 g/mol. The van der Waals surface area contributed by atoms with Crippen LogP contribution in [0, 0.1) is 0 Å². The van der Waals surface area contributed by atoms with E-state index >= 15 is 0 Å². The summed E-state index contributed by atoms with van der Waals surface area (Å²) in [5, 5.41) is 0.130. The third-order valence-electron chi connectivity index (χ3n) is 2.81. The van der Waals surface area contributed by atoms with Crippen LogP contribution >= 0.6 is 11.6 Å². The Labute approximate surface area is 124 Å². The zero-order valence-corrected chi connectivity index (χ0v) is 12.5. The lowest BCUT2D eigenvalue weighted by molar-refractivity contribution is -0.154. The highest BCUT2D eigenvalue weighted by atomic mass is 35.5. The molecule has 21 heavy (non-hydrogen) atoms. The maximum atomic E-state index is 12.4. The van der Waals surface area contributed by atoms with Gasteiger partial charge >= 0.3 is 11.7 Å². The second kappa shape index (κ2) is 5.33. The normalized spacial score (nSPS) is 11.6. The van der Waals surface area contributed by atoms with Gasteiger partial charge in [-0.15, -0.1) is 0 Å². The van der Waals surface area contributed by atoms with Gasteiger partial charge in [0.05, 0.1) is 12.1 Å². The van der Waals surface area contributed by atoms with Crippen molar-refractivity contribution >= 4 is 28.5 Å². The number of rotatable bonds is 3. The van der Waals surface area contributed by atoms with Crippen molar-refractivity contribution in [3.63, 3.8) is 0 Å². The Morgan fingerprint density at radius 3 is 2.76 bits per heavy atom. The van der Waals surface area contributed by atoms with E-state index in [2.05, 4.69) is 9.97 Å². The molecule has 0 fully saturated rings. The van der Waals surface area contributed by atoms with E-state index in [1.807, 2.05) is 0 Å². The number of halogens is 1. The monoisotopic (exact) mass is 311 g/mol. The van der Waals surface area contributed by atoms with E-state index < -0.39 is 22.8 Å². The summed E-state index contributed by atoms with van der Waals surface area (Å²) in [4.78, 5) is 41.9. The number of hydrogen-bond acceptors (Lipinski definition) is 5. The highest BCUT2D eigenvalue weighted by molar-refractivity contribution is 6.33. The van der Waals surface area contributed by atoms with Crippen LogP contribution < -0.4 is 11.2 Å². The summed E-state index contributed by atoms with van der Waals surface area (Å²) in [5.41, 5.74) is -1.88. The SMILES string of the molecule is CC(=O)OC(C)(C)Cn1c(=O)[nH]c2ccnc(Cl)c2c1=O. The summed E-state index contributed by atoms with van der Waals surface area (Å²) < 4.78 is 6.04. The fraction of sp³-hybridized carbons (Fsp3) is 0.385. The van der Waals surface area contributed by atoms with Crippen molar-refractivity contribution in [1.29, 1.82) is 0 Å². The third-order valence-corrected chi connectivity index (χ3v) is 3.10. The van der Waals surface area contributed by atoms with Gasteiger partial charge in [0, 0.05) is 13.1 Å². The molecule has 1 N–H and O–H groups in total. The van der Waals surface area contributed by atoms with E-state index in [0.717, 1.165) is 4.57 Å². The Morgan fingerprint density at radius 2 is 2.14 bits per heavy atom. The summed E-state index contributed by atoms with van der Waals surface area (Å²) in [6, 6.07) is 1.49. The number of ether oxygens (including phenoxy) is 1. The number of pyridine rings is 1. The van der Waals surface area contributed by atoms with Gasteiger partial charge in [0.1, 0.15) is 16.1 Å². The van der Waals surface area contributed by atoms with Gasteiger partial charge in [0.15, 0.2) is 0 Å². The molecule has 0 amide bonds. The standard InChI is InChI=1S/C13H14ClN3O4/c1-7(18)21-13(2,3)6-17-11(19)9-8(16-12(17)20)4-5-15-10(9)14/h4-5H,6H2,1-3H3,(H,16,20). The van der Waals surface area contributed by atoms with Gasteiger partial charge in [-0.05, 0) is 19.9 Å². The first kappa shape index (κ1) is 15.2. The minimum atomic E-state index is -1.01. The van der Waals surface area contributed by atoms with E-state index in [-0.39, 0.29) is 17.1 Å². The van der Waals surface area contributed by atoms with Crippen LogP contribution in [0.3, 0.4) is 0 Å². The van der Waals surface area contributed by atoms with E-state index in [9.17, 15) is 14.4 Å². The number of esters is 1. The molecule has 0 unspecified atom stereocenters. The van der Waals surface area contributed by atoms with Crippen LogP contribution in [0.4, 0.5) is 0 Å². The number of H-pyrrole nitrogens is 1. The van der Waals surface area contributed by atoms with Crippen LogP contribution in [-0.4, -0.2) is 26.1 Å². The zero-order chi connectivity index (χ0) is 15.8. The number of nitrogens with one attached hydrogen (secondary N) is 1. The quantitative estimate of drug-likeness (QED) is 0.676. The molecule has 2 aromatic rings. The Morgan fingerprint density at radius 1 is 1.48 bits per heavy atom. The molecule has 8 heteroatoms. The van der Waals surface area contributed by atoms with Crippen LogP contribution in [0.1, 0.15) is 20.8 Å². The summed E-state index contributed by atoms with van der Waals surface area (Å²) >= 11 is 5.91. The fourth-order valence-corrected chi connectivity index (χ4v) is 2.34. The first-order chi connectivity index (χ1) is 9.71. The number of hydrogen-bond donors (Lipinski definition) is 1. The molecule has 2 heterocycles. The molecule has 7 nitrogen and oxygen atoms in total. The second-order valence-corrected chi connectivity index (χ2v) is 5.56. The van der Waals surface area contributed by atoms with Crippen molar-refractivity contribution in [3.05, 3.63) is 38.3 Å². The van der Waals surface area contributed by atoms with Crippen molar-refractivity contribution in [2.75, 3.05) is 0 Å². The first-order valence-electron chi connectivity index (χ1n) is 6.18. The van der Waals surface area contributed by atoms with Crippen molar-refractivity contribution in [2.45, 2.75) is 32.9 Å². The van der Waals surface area contributed by atoms with E-state index in [1.165, 1.54) is 19.2 Å². The number of carbonyl (C=O) groups is 1. The third kappa shape index (κ3) is 3.13. The Bertz CT molecular complexity index is 822. The molecule has 2 aromatic heterocycles. The van der Waals surface area contributed by atoms with E-state index in [4.69, 9.17) is 16.3 Å². The molecule has 0 saturated heterocycles. The maximum Gasteiger partial charge on any atom is 0.328 e. The number of aromatic nitrogens is 3. The molecule has 0 radical (unpaired) electrons. The molecule has 0 aliphatic heterocycles. The van der Waals surface area contributed by atoms with Gasteiger partial charge in [-0.3, -0.25) is 14.2 Å². The number of nitrogens with zero attached hydrogens (tertiary/aromatic N) is 2. The van der Waals surface area contributed by atoms with Crippen LogP contribution in [0.15, 0.2) is 21.9 Å². The molecule has 0 spiro atoms. The topological polar surface area (TPSA) is 94.1 Å². The van der Waals surface area contributed by atoms with Gasteiger partial charge in [-0.2, -0.15) is 0 Å². The Hall–Kier alpha value is -2.15. The number of aromatic amines is 1. The lowest BCUT2D eigenvalue weighted by Crippen LogP contribution is -2.43. The van der Waals surface area contributed by atoms with Crippen molar-refractivity contribution in [1.82, 2.24) is 14.5 Å². The lowest BCUT2D eigenvalue weighted by atomic mass is 10.1. The molecule has 112 valence electrons. The zero-order valence-electron chi connectivity index (χ0n) is 11.8. The Balaban J connectivity index is 2.60. The minimum absolute atomic E-state index is 0.00722. The number of carbonyl (C=O) groups excluding carboxylic acids is 1. The predicted molar refractivity (Wildman–Crippen MR) is 77.5 cm³/mol. The van der Waals surface area contributed by atoms with Crippen LogP contribution in [-0.2, 0) is 16.1 Å². The fourth-order valence-electron chi connectivity index (χ4n) is 2.10. The first-order valence-corrected chi connectivity index (χ1v) is 6.56. The molecule has 0 atom stereocenters. The van der Waals surface area contributed by atoms with E-state index in [0.29, 0.717) is 5.52 Å². The van der Waals surface area contributed by atoms with E-state index in [1.54, 1.807) is 13.8 Å². The maximum absolute atomic E-state index is 12.4. The highest BCUT2D eigenvalue weighted by Gasteiger charge is 2.24. The van der Waals surface area contributed by atoms with Gasteiger partial charge in [-0.1, -0.05) is 11.6 Å². The van der Waals surface area contributed by atoms with Gasteiger partial charge in [0.25, 0.3) is 5.56 Å². The predicted octanol–water partition coefficient (Wildman–Crippen LogP) is 1.08. The summed E-state index contributed by atoms with van der Waals surface area (Å²) in [5.74, 6) is -0.495.